The van der Waals surface area contributed by atoms with Crippen LogP contribution in [0.1, 0.15) is 25.3 Å². The van der Waals surface area contributed by atoms with Crippen LogP contribution in [-0.4, -0.2) is 25.0 Å². The van der Waals surface area contributed by atoms with Crippen LogP contribution in [0.5, 0.6) is 0 Å². The maximum Gasteiger partial charge on any atom is 0.293 e. The number of nitrogens with zero attached hydrogens (tertiary/aromatic N) is 3. The average molecular weight is 379 g/mol. The average Bonchev–Trinajstić information content (AvgIpc) is 3.16. The fourth-order valence-electron chi connectivity index (χ4n) is 3.96. The SMILES string of the molecule is CCOC1(OCC)N=C(N)[C@@]2(C#N)[C@@H](c3cccc(Cl)c3Cl)[C@]12C#N. The summed E-state index contributed by atoms with van der Waals surface area (Å²) in [6, 6.07) is 9.48. The summed E-state index contributed by atoms with van der Waals surface area (Å²) in [6.45, 7) is 3.98. The van der Waals surface area contributed by atoms with Crippen LogP contribution in [0.25, 0.3) is 0 Å². The first-order valence-corrected chi connectivity index (χ1v) is 8.58. The smallest absolute Gasteiger partial charge is 0.293 e. The Balaban J connectivity index is 2.27. The molecule has 1 aromatic rings. The number of fused-ring (bicyclic) bond motifs is 1. The van der Waals surface area contributed by atoms with E-state index in [2.05, 4.69) is 17.1 Å². The summed E-state index contributed by atoms with van der Waals surface area (Å²) in [5.41, 5.74) is 3.87. The Morgan fingerprint density at radius 3 is 2.36 bits per heavy atom. The molecule has 3 atom stereocenters. The van der Waals surface area contributed by atoms with E-state index in [4.69, 9.17) is 38.4 Å². The summed E-state index contributed by atoms with van der Waals surface area (Å²) in [4.78, 5) is 4.27. The molecule has 0 spiro atoms. The molecular formula is C17H16Cl2N4O2. The van der Waals surface area contributed by atoms with Crippen LogP contribution in [-0.2, 0) is 9.47 Å². The van der Waals surface area contributed by atoms with Crippen molar-refractivity contribution >= 4 is 29.0 Å². The second-order valence-electron chi connectivity index (χ2n) is 5.86. The fourth-order valence-corrected chi connectivity index (χ4v) is 4.38. The van der Waals surface area contributed by atoms with Gasteiger partial charge in [0.1, 0.15) is 11.3 Å². The van der Waals surface area contributed by atoms with Crippen molar-refractivity contribution in [3.05, 3.63) is 33.8 Å². The van der Waals surface area contributed by atoms with Crippen molar-refractivity contribution in [3.8, 4) is 12.1 Å². The van der Waals surface area contributed by atoms with E-state index >= 15 is 0 Å². The molecule has 3 rings (SSSR count). The highest BCUT2D eigenvalue weighted by atomic mass is 35.5. The van der Waals surface area contributed by atoms with Crippen LogP contribution in [0, 0.1) is 33.5 Å². The minimum Gasteiger partial charge on any atom is -0.386 e. The number of hydrogen-bond acceptors (Lipinski definition) is 6. The number of ether oxygens (including phenoxy) is 2. The summed E-state index contributed by atoms with van der Waals surface area (Å²) in [5.74, 6) is -2.29. The van der Waals surface area contributed by atoms with Gasteiger partial charge in [0.25, 0.3) is 5.91 Å². The van der Waals surface area contributed by atoms with E-state index in [0.29, 0.717) is 10.6 Å². The number of aliphatic imine (C=N–C) groups is 1. The predicted octanol–water partition coefficient (Wildman–Crippen LogP) is 3.21. The molecule has 0 saturated heterocycles. The summed E-state index contributed by atoms with van der Waals surface area (Å²) in [7, 11) is 0. The van der Waals surface area contributed by atoms with Crippen molar-refractivity contribution in [3.63, 3.8) is 0 Å². The molecule has 8 heteroatoms. The van der Waals surface area contributed by atoms with Gasteiger partial charge in [-0.3, -0.25) is 0 Å². The van der Waals surface area contributed by atoms with Gasteiger partial charge >= 0.3 is 0 Å². The molecule has 1 fully saturated rings. The second-order valence-corrected chi connectivity index (χ2v) is 6.65. The standard InChI is InChI=1S/C17H16Cl2N4O2/c1-3-24-17(25-4-2)16(9-21)13(15(16,8-20)14(22)23-17)10-6-5-7-11(18)12(10)19/h5-7,13H,3-4H2,1-2H3,(H2,22,23)/t13-,15-,16+/m1/s1. The molecule has 1 aliphatic heterocycles. The highest BCUT2D eigenvalue weighted by Crippen LogP contribution is 2.82. The highest BCUT2D eigenvalue weighted by molar-refractivity contribution is 6.42. The Morgan fingerprint density at radius 2 is 1.84 bits per heavy atom. The van der Waals surface area contributed by atoms with Crippen LogP contribution in [0.3, 0.4) is 0 Å². The second kappa shape index (κ2) is 5.86. The number of halogens is 2. The zero-order chi connectivity index (χ0) is 18.5. The topological polar surface area (TPSA) is 104 Å². The summed E-state index contributed by atoms with van der Waals surface area (Å²) in [5, 5.41) is 20.7. The Kier molecular flexibility index (Phi) is 4.21. The first-order chi connectivity index (χ1) is 11.9. The molecule has 1 aromatic carbocycles. The first-order valence-electron chi connectivity index (χ1n) is 7.82. The zero-order valence-electron chi connectivity index (χ0n) is 13.7. The number of nitrogens with two attached hydrogens (primary N) is 1. The van der Waals surface area contributed by atoms with Gasteiger partial charge in [-0.25, -0.2) is 4.99 Å². The van der Waals surface area contributed by atoms with E-state index < -0.39 is 22.7 Å². The molecule has 0 unspecified atom stereocenters. The lowest BCUT2D eigenvalue weighted by Crippen LogP contribution is -2.43. The number of amidine groups is 1. The highest BCUT2D eigenvalue weighted by Gasteiger charge is 2.94. The van der Waals surface area contributed by atoms with Crippen LogP contribution >= 0.6 is 23.2 Å². The third-order valence-corrected chi connectivity index (χ3v) is 5.73. The van der Waals surface area contributed by atoms with Gasteiger partial charge in [0, 0.05) is 19.1 Å². The third kappa shape index (κ3) is 1.89. The Morgan fingerprint density at radius 1 is 1.20 bits per heavy atom. The summed E-state index contributed by atoms with van der Waals surface area (Å²) in [6.07, 6.45) is 0. The van der Waals surface area contributed by atoms with Gasteiger partial charge in [0.05, 0.1) is 22.2 Å². The fraction of sp³-hybridized carbons (Fsp3) is 0.471. The van der Waals surface area contributed by atoms with Crippen LogP contribution in [0.15, 0.2) is 23.2 Å². The predicted molar refractivity (Wildman–Crippen MR) is 92.9 cm³/mol. The van der Waals surface area contributed by atoms with Crippen molar-refractivity contribution in [2.45, 2.75) is 25.7 Å². The van der Waals surface area contributed by atoms with Gasteiger partial charge in [-0.05, 0) is 25.5 Å². The monoisotopic (exact) mass is 378 g/mol. The first kappa shape index (κ1) is 18.0. The third-order valence-electron chi connectivity index (χ3n) is 4.90. The quantitative estimate of drug-likeness (QED) is 0.791. The van der Waals surface area contributed by atoms with Crippen molar-refractivity contribution in [1.29, 1.82) is 10.5 Å². The van der Waals surface area contributed by atoms with Crippen molar-refractivity contribution in [1.82, 2.24) is 0 Å². The number of rotatable bonds is 5. The minimum atomic E-state index is -1.65. The largest absolute Gasteiger partial charge is 0.386 e. The normalized spacial score (nSPS) is 31.6. The maximum atomic E-state index is 10.1. The van der Waals surface area contributed by atoms with Crippen LogP contribution < -0.4 is 5.73 Å². The minimum absolute atomic E-state index is 0.0134. The lowest BCUT2D eigenvalue weighted by molar-refractivity contribution is -0.255. The molecule has 1 saturated carbocycles. The Labute approximate surface area is 155 Å². The number of benzene rings is 1. The molecule has 130 valence electrons. The zero-order valence-corrected chi connectivity index (χ0v) is 15.2. The number of hydrogen-bond donors (Lipinski definition) is 1. The van der Waals surface area contributed by atoms with Gasteiger partial charge in [-0.2, -0.15) is 10.5 Å². The van der Waals surface area contributed by atoms with E-state index in [1.54, 1.807) is 32.0 Å². The number of nitriles is 2. The molecule has 6 nitrogen and oxygen atoms in total. The lowest BCUT2D eigenvalue weighted by atomic mass is 9.93. The molecule has 1 heterocycles. The molecule has 2 N–H and O–H groups in total. The van der Waals surface area contributed by atoms with Crippen molar-refractivity contribution in [2.75, 3.05) is 13.2 Å². The molecule has 0 amide bonds. The molecular weight excluding hydrogens is 363 g/mol. The van der Waals surface area contributed by atoms with Crippen LogP contribution in [0.2, 0.25) is 10.0 Å². The summed E-state index contributed by atoms with van der Waals surface area (Å²) >= 11 is 12.5. The molecule has 2 aliphatic rings. The van der Waals surface area contributed by atoms with E-state index in [9.17, 15) is 10.5 Å². The molecule has 1 aliphatic carbocycles. The van der Waals surface area contributed by atoms with Crippen molar-refractivity contribution < 1.29 is 9.47 Å². The van der Waals surface area contributed by atoms with Gasteiger partial charge in [-0.1, -0.05) is 35.3 Å². The molecule has 0 aromatic heterocycles. The van der Waals surface area contributed by atoms with E-state index in [0.717, 1.165) is 0 Å². The van der Waals surface area contributed by atoms with Gasteiger partial charge in [0.2, 0.25) is 0 Å². The molecule has 0 radical (unpaired) electrons. The summed E-state index contributed by atoms with van der Waals surface area (Å²) < 4.78 is 11.5. The van der Waals surface area contributed by atoms with E-state index in [1.807, 2.05) is 0 Å². The molecule has 0 bridgehead atoms. The van der Waals surface area contributed by atoms with Crippen LogP contribution in [0.4, 0.5) is 0 Å². The maximum absolute atomic E-state index is 10.1. The van der Waals surface area contributed by atoms with E-state index in [-0.39, 0.29) is 24.1 Å². The Hall–Kier alpha value is -1.83. The van der Waals surface area contributed by atoms with Gasteiger partial charge in [-0.15, -0.1) is 0 Å². The lowest BCUT2D eigenvalue weighted by Gasteiger charge is -2.31. The van der Waals surface area contributed by atoms with Gasteiger partial charge in [0.15, 0.2) is 5.41 Å². The van der Waals surface area contributed by atoms with Crippen molar-refractivity contribution in [2.24, 2.45) is 21.6 Å². The van der Waals surface area contributed by atoms with Gasteiger partial charge < -0.3 is 15.2 Å². The molecule has 25 heavy (non-hydrogen) atoms. The van der Waals surface area contributed by atoms with E-state index in [1.165, 1.54) is 0 Å². The Bertz CT molecular complexity index is 838.